The number of aliphatic hydroxyl groups is 2. The predicted molar refractivity (Wildman–Crippen MR) is 80.4 cm³/mol. The Hall–Kier alpha value is -1.44. The van der Waals surface area contributed by atoms with Gasteiger partial charge in [-0.15, -0.1) is 0 Å². The number of rotatable bonds is 2. The molecule has 0 aliphatic carbocycles. The number of H-pyrrole nitrogens is 1. The highest BCUT2D eigenvalue weighted by atomic mass is 16.3. The van der Waals surface area contributed by atoms with Gasteiger partial charge in [0.1, 0.15) is 0 Å². The summed E-state index contributed by atoms with van der Waals surface area (Å²) in [5.74, 6) is -0.0741. The lowest BCUT2D eigenvalue weighted by Gasteiger charge is -2.25. The first-order valence-corrected chi connectivity index (χ1v) is 7.89. The Bertz CT molecular complexity index is 559. The highest BCUT2D eigenvalue weighted by molar-refractivity contribution is 5.94. The first kappa shape index (κ1) is 15.5. The molecule has 0 unspecified atom stereocenters. The molecule has 0 spiro atoms. The Morgan fingerprint density at radius 2 is 2.18 bits per heavy atom. The maximum atomic E-state index is 12.8. The van der Waals surface area contributed by atoms with Crippen molar-refractivity contribution in [3.8, 4) is 0 Å². The van der Waals surface area contributed by atoms with E-state index in [1.807, 2.05) is 7.05 Å². The molecular weight excluding hydrogens is 284 g/mol. The molecule has 1 atom stereocenters. The number of hydrogen-bond donors (Lipinski definition) is 3. The molecule has 3 heterocycles. The average Bonchev–Trinajstić information content (AvgIpc) is 2.82. The minimum Gasteiger partial charge on any atom is -0.393 e. The van der Waals surface area contributed by atoms with Crippen LogP contribution in [0.4, 0.5) is 0 Å². The van der Waals surface area contributed by atoms with Gasteiger partial charge in [0, 0.05) is 43.9 Å². The van der Waals surface area contributed by atoms with Gasteiger partial charge < -0.3 is 20.0 Å². The van der Waals surface area contributed by atoms with E-state index in [-0.39, 0.29) is 12.5 Å². The van der Waals surface area contributed by atoms with Crippen LogP contribution in [-0.2, 0) is 13.0 Å². The molecule has 1 aromatic heterocycles. The molecular formula is C15H24N4O3. The van der Waals surface area contributed by atoms with Crippen molar-refractivity contribution in [2.45, 2.75) is 37.8 Å². The normalized spacial score (nSPS) is 26.6. The van der Waals surface area contributed by atoms with Crippen molar-refractivity contribution in [3.05, 3.63) is 17.0 Å². The van der Waals surface area contributed by atoms with E-state index in [0.717, 1.165) is 30.8 Å². The van der Waals surface area contributed by atoms with Crippen molar-refractivity contribution in [3.63, 3.8) is 0 Å². The van der Waals surface area contributed by atoms with Crippen molar-refractivity contribution in [2.75, 3.05) is 33.3 Å². The molecule has 0 saturated carbocycles. The second kappa shape index (κ2) is 5.98. The van der Waals surface area contributed by atoms with Gasteiger partial charge in [-0.1, -0.05) is 0 Å². The zero-order valence-electron chi connectivity index (χ0n) is 13.0. The Labute approximate surface area is 129 Å². The van der Waals surface area contributed by atoms with Crippen molar-refractivity contribution in [2.24, 2.45) is 0 Å². The Kier molecular flexibility index (Phi) is 4.20. The standard InChI is InChI=1S/C15H24N4O3/c1-18-7-3-12-11(9-18)13(17-16-12)14(21)19-6-2-4-15(22,10-20)5-8-19/h20,22H,2-10H2,1H3,(H,16,17)/t15-/m1/s1. The smallest absolute Gasteiger partial charge is 0.274 e. The highest BCUT2D eigenvalue weighted by Gasteiger charge is 2.33. The summed E-state index contributed by atoms with van der Waals surface area (Å²) >= 11 is 0. The molecule has 0 bridgehead atoms. The molecule has 7 heteroatoms. The SMILES string of the molecule is CN1CCc2[nH]nc(C(=O)N3CCC[C@](O)(CO)CC3)c2C1. The van der Waals surface area contributed by atoms with Crippen LogP contribution in [0.15, 0.2) is 0 Å². The van der Waals surface area contributed by atoms with Crippen LogP contribution in [0.3, 0.4) is 0 Å². The summed E-state index contributed by atoms with van der Waals surface area (Å²) in [6.07, 6.45) is 2.50. The molecule has 1 saturated heterocycles. The monoisotopic (exact) mass is 308 g/mol. The van der Waals surface area contributed by atoms with Crippen LogP contribution in [0.5, 0.6) is 0 Å². The predicted octanol–water partition coefficient (Wildman–Crippen LogP) is -0.253. The maximum absolute atomic E-state index is 12.8. The molecule has 1 amide bonds. The number of nitrogens with zero attached hydrogens (tertiary/aromatic N) is 3. The van der Waals surface area contributed by atoms with Crippen LogP contribution in [0.25, 0.3) is 0 Å². The number of aliphatic hydroxyl groups excluding tert-OH is 1. The number of carbonyl (C=O) groups excluding carboxylic acids is 1. The number of nitrogens with one attached hydrogen (secondary N) is 1. The zero-order valence-corrected chi connectivity index (χ0v) is 13.0. The number of amides is 1. The van der Waals surface area contributed by atoms with E-state index in [1.165, 1.54) is 0 Å². The van der Waals surface area contributed by atoms with E-state index in [1.54, 1.807) is 4.90 Å². The number of likely N-dealkylation sites (N-methyl/N-ethyl adjacent to an activating group) is 1. The third kappa shape index (κ3) is 2.88. The summed E-state index contributed by atoms with van der Waals surface area (Å²) in [4.78, 5) is 16.7. The topological polar surface area (TPSA) is 92.7 Å². The van der Waals surface area contributed by atoms with Crippen LogP contribution >= 0.6 is 0 Å². The van der Waals surface area contributed by atoms with Gasteiger partial charge in [-0.25, -0.2) is 0 Å². The lowest BCUT2D eigenvalue weighted by molar-refractivity contribution is -0.0250. The van der Waals surface area contributed by atoms with E-state index in [2.05, 4.69) is 15.1 Å². The van der Waals surface area contributed by atoms with Gasteiger partial charge >= 0.3 is 0 Å². The molecule has 22 heavy (non-hydrogen) atoms. The zero-order chi connectivity index (χ0) is 15.7. The third-order valence-corrected chi connectivity index (χ3v) is 4.83. The van der Waals surface area contributed by atoms with Gasteiger partial charge in [0.15, 0.2) is 5.69 Å². The molecule has 0 aromatic carbocycles. The number of hydrogen-bond acceptors (Lipinski definition) is 5. The highest BCUT2D eigenvalue weighted by Crippen LogP contribution is 2.25. The van der Waals surface area contributed by atoms with E-state index >= 15 is 0 Å². The fourth-order valence-electron chi connectivity index (χ4n) is 3.30. The van der Waals surface area contributed by atoms with Crippen molar-refractivity contribution < 1.29 is 15.0 Å². The van der Waals surface area contributed by atoms with Crippen LogP contribution in [-0.4, -0.2) is 75.0 Å². The Morgan fingerprint density at radius 1 is 1.36 bits per heavy atom. The molecule has 2 aliphatic heterocycles. The summed E-state index contributed by atoms with van der Waals surface area (Å²) in [5, 5.41) is 26.7. The van der Waals surface area contributed by atoms with Crippen molar-refractivity contribution in [1.82, 2.24) is 20.0 Å². The first-order valence-electron chi connectivity index (χ1n) is 7.89. The molecule has 3 rings (SSSR count). The first-order chi connectivity index (χ1) is 10.5. The maximum Gasteiger partial charge on any atom is 0.274 e. The van der Waals surface area contributed by atoms with Gasteiger partial charge in [-0.3, -0.25) is 9.89 Å². The fourth-order valence-corrected chi connectivity index (χ4v) is 3.30. The number of carbonyl (C=O) groups is 1. The van der Waals surface area contributed by atoms with Gasteiger partial charge in [0.2, 0.25) is 0 Å². The molecule has 2 aliphatic rings. The lowest BCUT2D eigenvalue weighted by atomic mass is 9.96. The Balaban J connectivity index is 1.76. The van der Waals surface area contributed by atoms with E-state index in [4.69, 9.17) is 0 Å². The van der Waals surface area contributed by atoms with Crippen LogP contribution in [0.2, 0.25) is 0 Å². The van der Waals surface area contributed by atoms with E-state index in [9.17, 15) is 15.0 Å². The van der Waals surface area contributed by atoms with Gasteiger partial charge in [0.25, 0.3) is 5.91 Å². The van der Waals surface area contributed by atoms with Gasteiger partial charge in [-0.2, -0.15) is 5.10 Å². The van der Waals surface area contributed by atoms with Crippen molar-refractivity contribution >= 4 is 5.91 Å². The summed E-state index contributed by atoms with van der Waals surface area (Å²) in [7, 11) is 2.04. The quantitative estimate of drug-likeness (QED) is 0.700. The molecule has 7 nitrogen and oxygen atoms in total. The van der Waals surface area contributed by atoms with Crippen LogP contribution in [0.1, 0.15) is 41.0 Å². The van der Waals surface area contributed by atoms with Gasteiger partial charge in [0.05, 0.1) is 12.2 Å². The number of likely N-dealkylation sites (tertiary alicyclic amines) is 1. The Morgan fingerprint density at radius 3 is 2.95 bits per heavy atom. The average molecular weight is 308 g/mol. The molecule has 0 radical (unpaired) electrons. The minimum atomic E-state index is -1.06. The van der Waals surface area contributed by atoms with Crippen LogP contribution in [0, 0.1) is 0 Å². The number of aromatic nitrogens is 2. The molecule has 1 fully saturated rings. The van der Waals surface area contributed by atoms with Crippen molar-refractivity contribution in [1.29, 1.82) is 0 Å². The molecule has 1 aromatic rings. The van der Waals surface area contributed by atoms with E-state index in [0.29, 0.717) is 38.0 Å². The number of aromatic amines is 1. The summed E-state index contributed by atoms with van der Waals surface area (Å²) in [5.41, 5.74) is 1.51. The van der Waals surface area contributed by atoms with Crippen LogP contribution < -0.4 is 0 Å². The summed E-state index contributed by atoms with van der Waals surface area (Å²) < 4.78 is 0. The largest absolute Gasteiger partial charge is 0.393 e. The number of fused-ring (bicyclic) bond motifs is 1. The summed E-state index contributed by atoms with van der Waals surface area (Å²) in [6, 6.07) is 0. The second-order valence-corrected chi connectivity index (χ2v) is 6.55. The minimum absolute atomic E-state index is 0.0741. The third-order valence-electron chi connectivity index (χ3n) is 4.83. The van der Waals surface area contributed by atoms with E-state index < -0.39 is 5.60 Å². The van der Waals surface area contributed by atoms with Gasteiger partial charge in [-0.05, 0) is 26.3 Å². The lowest BCUT2D eigenvalue weighted by Crippen LogP contribution is -2.37. The molecule has 122 valence electrons. The second-order valence-electron chi connectivity index (χ2n) is 6.55. The molecule has 3 N–H and O–H groups in total. The summed E-state index contributed by atoms with van der Waals surface area (Å²) in [6.45, 7) is 2.50. The fraction of sp³-hybridized carbons (Fsp3) is 0.733.